The fourth-order valence-corrected chi connectivity index (χ4v) is 3.64. The van der Waals surface area contributed by atoms with E-state index in [1.54, 1.807) is 0 Å². The zero-order valence-electron chi connectivity index (χ0n) is 13.0. The Labute approximate surface area is 136 Å². The number of benzene rings is 1. The summed E-state index contributed by atoms with van der Waals surface area (Å²) in [7, 11) is 0. The van der Waals surface area contributed by atoms with Gasteiger partial charge < -0.3 is 5.11 Å². The molecule has 2 rings (SSSR count). The molecular weight excluding hydrogens is 292 g/mol. The lowest BCUT2D eigenvalue weighted by atomic mass is 10.1. The van der Waals surface area contributed by atoms with Crippen molar-refractivity contribution >= 4 is 17.3 Å². The molecule has 0 aliphatic carbocycles. The molecule has 0 atom stereocenters. The molecule has 1 N–H and O–H groups in total. The largest absolute Gasteiger partial charge is 0.481 e. The first-order valence-electron chi connectivity index (χ1n) is 8.07. The van der Waals surface area contributed by atoms with Gasteiger partial charge >= 0.3 is 5.97 Å². The fraction of sp³-hybridized carbons (Fsp3) is 0.421. The summed E-state index contributed by atoms with van der Waals surface area (Å²) in [6.45, 7) is 0. The van der Waals surface area contributed by atoms with Gasteiger partial charge in [-0.15, -0.1) is 11.3 Å². The maximum Gasteiger partial charge on any atom is 0.303 e. The van der Waals surface area contributed by atoms with E-state index in [9.17, 15) is 4.79 Å². The minimum atomic E-state index is -0.690. The van der Waals surface area contributed by atoms with E-state index in [4.69, 9.17) is 5.11 Å². The Morgan fingerprint density at radius 2 is 1.41 bits per heavy atom. The number of thiophene rings is 1. The molecule has 2 aromatic rings. The van der Waals surface area contributed by atoms with Gasteiger partial charge in [-0.3, -0.25) is 4.79 Å². The van der Waals surface area contributed by atoms with Crippen LogP contribution in [0.25, 0.3) is 0 Å². The number of carboxylic acids is 1. The normalized spacial score (nSPS) is 10.7. The summed E-state index contributed by atoms with van der Waals surface area (Å²) in [4.78, 5) is 13.3. The summed E-state index contributed by atoms with van der Waals surface area (Å²) in [5.74, 6) is -0.690. The fourth-order valence-electron chi connectivity index (χ4n) is 2.54. The molecule has 0 aliphatic rings. The maximum absolute atomic E-state index is 10.5. The van der Waals surface area contributed by atoms with Crippen molar-refractivity contribution in [2.75, 3.05) is 0 Å². The number of carbonyl (C=O) groups is 1. The first-order valence-corrected chi connectivity index (χ1v) is 8.89. The summed E-state index contributed by atoms with van der Waals surface area (Å²) in [5, 5.41) is 8.62. The van der Waals surface area contributed by atoms with Crippen molar-refractivity contribution in [3.05, 3.63) is 57.8 Å². The molecule has 0 fully saturated rings. The second-order valence-electron chi connectivity index (χ2n) is 5.66. The van der Waals surface area contributed by atoms with Crippen LogP contribution >= 0.6 is 11.3 Å². The molecule has 2 nitrogen and oxygen atoms in total. The highest BCUT2D eigenvalue weighted by Gasteiger charge is 2.02. The van der Waals surface area contributed by atoms with Crippen molar-refractivity contribution in [2.24, 2.45) is 0 Å². The van der Waals surface area contributed by atoms with Crippen LogP contribution < -0.4 is 0 Å². The number of carboxylic acid groups (broad SMARTS) is 1. The summed E-state index contributed by atoms with van der Waals surface area (Å²) >= 11 is 1.89. The van der Waals surface area contributed by atoms with Crippen molar-refractivity contribution in [3.63, 3.8) is 0 Å². The van der Waals surface area contributed by atoms with Gasteiger partial charge in [0.15, 0.2) is 0 Å². The first-order chi connectivity index (χ1) is 10.7. The molecule has 0 spiro atoms. The van der Waals surface area contributed by atoms with Crippen LogP contribution in [0.5, 0.6) is 0 Å². The van der Waals surface area contributed by atoms with Crippen molar-refractivity contribution in [2.45, 2.75) is 51.4 Å². The standard InChI is InChI=1S/C19H24O2S/c20-19(21)13-7-6-12-18-15-14-17(22-18)11-5-4-10-16-8-2-1-3-9-16/h1-3,8-9,14-15H,4-7,10-13H2,(H,20,21). The van der Waals surface area contributed by atoms with Crippen LogP contribution in [-0.2, 0) is 24.1 Å². The Bertz CT molecular complexity index is 560. The highest BCUT2D eigenvalue weighted by Crippen LogP contribution is 2.21. The van der Waals surface area contributed by atoms with Gasteiger partial charge in [0.25, 0.3) is 0 Å². The predicted molar refractivity (Wildman–Crippen MR) is 92.6 cm³/mol. The maximum atomic E-state index is 10.5. The van der Waals surface area contributed by atoms with E-state index in [2.05, 4.69) is 42.5 Å². The minimum Gasteiger partial charge on any atom is -0.481 e. The SMILES string of the molecule is O=C(O)CCCCc1ccc(CCCCc2ccccc2)s1. The second-order valence-corrected chi connectivity index (χ2v) is 6.91. The van der Waals surface area contributed by atoms with Gasteiger partial charge in [-0.2, -0.15) is 0 Å². The van der Waals surface area contributed by atoms with E-state index in [0.29, 0.717) is 0 Å². The summed E-state index contributed by atoms with van der Waals surface area (Å²) < 4.78 is 0. The van der Waals surface area contributed by atoms with Crippen LogP contribution in [0.2, 0.25) is 0 Å². The third kappa shape index (κ3) is 6.44. The molecule has 118 valence electrons. The van der Waals surface area contributed by atoms with Crippen LogP contribution in [0.15, 0.2) is 42.5 Å². The van der Waals surface area contributed by atoms with E-state index in [1.165, 1.54) is 28.2 Å². The van der Waals surface area contributed by atoms with Crippen molar-refractivity contribution in [1.29, 1.82) is 0 Å². The monoisotopic (exact) mass is 316 g/mol. The van der Waals surface area contributed by atoms with E-state index in [1.807, 2.05) is 11.3 Å². The van der Waals surface area contributed by atoms with Crippen molar-refractivity contribution in [3.8, 4) is 0 Å². The molecule has 0 amide bonds. The third-order valence-electron chi connectivity index (χ3n) is 3.76. The number of rotatable bonds is 10. The van der Waals surface area contributed by atoms with E-state index >= 15 is 0 Å². The molecule has 3 heteroatoms. The van der Waals surface area contributed by atoms with Crippen LogP contribution in [0.4, 0.5) is 0 Å². The average molecular weight is 316 g/mol. The molecule has 1 heterocycles. The lowest BCUT2D eigenvalue weighted by Crippen LogP contribution is -1.94. The Kier molecular flexibility index (Phi) is 7.17. The number of unbranched alkanes of at least 4 members (excludes halogenated alkanes) is 2. The second kappa shape index (κ2) is 9.42. The molecular formula is C19H24O2S. The molecule has 0 saturated heterocycles. The van der Waals surface area contributed by atoms with Crippen LogP contribution in [0.3, 0.4) is 0 Å². The summed E-state index contributed by atoms with van der Waals surface area (Å²) in [5.41, 5.74) is 1.42. The van der Waals surface area contributed by atoms with Crippen molar-refractivity contribution in [1.82, 2.24) is 0 Å². The summed E-state index contributed by atoms with van der Waals surface area (Å²) in [6.07, 6.45) is 7.84. The number of aliphatic carboxylic acids is 1. The van der Waals surface area contributed by atoms with E-state index in [0.717, 1.165) is 32.1 Å². The highest BCUT2D eigenvalue weighted by molar-refractivity contribution is 7.11. The number of hydrogen-bond donors (Lipinski definition) is 1. The van der Waals surface area contributed by atoms with Gasteiger partial charge in [0.1, 0.15) is 0 Å². The molecule has 0 aliphatic heterocycles. The van der Waals surface area contributed by atoms with Gasteiger partial charge in [0.05, 0.1) is 0 Å². The minimum absolute atomic E-state index is 0.289. The van der Waals surface area contributed by atoms with E-state index in [-0.39, 0.29) is 6.42 Å². The molecule has 0 radical (unpaired) electrons. The predicted octanol–water partition coefficient (Wildman–Crippen LogP) is 5.11. The Morgan fingerprint density at radius 3 is 2.05 bits per heavy atom. The van der Waals surface area contributed by atoms with Gasteiger partial charge in [-0.05, 0) is 62.6 Å². The van der Waals surface area contributed by atoms with Crippen LogP contribution in [-0.4, -0.2) is 11.1 Å². The van der Waals surface area contributed by atoms with Gasteiger partial charge in [0.2, 0.25) is 0 Å². The molecule has 0 unspecified atom stereocenters. The quantitative estimate of drug-likeness (QED) is 0.618. The Morgan fingerprint density at radius 1 is 0.818 bits per heavy atom. The average Bonchev–Trinajstić information content (AvgIpc) is 2.97. The first kappa shape index (κ1) is 16.8. The third-order valence-corrected chi connectivity index (χ3v) is 4.97. The molecule has 0 saturated carbocycles. The van der Waals surface area contributed by atoms with Crippen LogP contribution in [0.1, 0.15) is 47.4 Å². The van der Waals surface area contributed by atoms with Gasteiger partial charge in [-0.25, -0.2) is 0 Å². The summed E-state index contributed by atoms with van der Waals surface area (Å²) in [6, 6.07) is 15.1. The zero-order chi connectivity index (χ0) is 15.6. The Hall–Kier alpha value is -1.61. The number of aryl methyl sites for hydroxylation is 3. The van der Waals surface area contributed by atoms with Crippen LogP contribution in [0, 0.1) is 0 Å². The van der Waals surface area contributed by atoms with E-state index < -0.39 is 5.97 Å². The zero-order valence-corrected chi connectivity index (χ0v) is 13.8. The lowest BCUT2D eigenvalue weighted by Gasteiger charge is -2.00. The highest BCUT2D eigenvalue weighted by atomic mass is 32.1. The Balaban J connectivity index is 1.61. The topological polar surface area (TPSA) is 37.3 Å². The molecule has 22 heavy (non-hydrogen) atoms. The smallest absolute Gasteiger partial charge is 0.303 e. The van der Waals surface area contributed by atoms with Gasteiger partial charge in [-0.1, -0.05) is 30.3 Å². The number of hydrogen-bond acceptors (Lipinski definition) is 2. The van der Waals surface area contributed by atoms with Crippen molar-refractivity contribution < 1.29 is 9.90 Å². The molecule has 1 aromatic heterocycles. The molecule has 1 aromatic carbocycles. The van der Waals surface area contributed by atoms with Gasteiger partial charge in [0, 0.05) is 16.2 Å². The lowest BCUT2D eigenvalue weighted by molar-refractivity contribution is -0.137. The molecule has 0 bridgehead atoms.